The molecule has 6 heteroatoms. The Morgan fingerprint density at radius 1 is 1.30 bits per heavy atom. The molecule has 6 nitrogen and oxygen atoms in total. The Morgan fingerprint density at radius 2 is 2.00 bits per heavy atom. The average molecular weight is 314 g/mol. The number of primary amides is 1. The highest BCUT2D eigenvalue weighted by molar-refractivity contribution is 5.82. The molecule has 2 N–H and O–H groups in total. The predicted molar refractivity (Wildman–Crippen MR) is 86.7 cm³/mol. The number of aromatic nitrogens is 2. The first-order valence-electron chi connectivity index (χ1n) is 7.91. The van der Waals surface area contributed by atoms with Gasteiger partial charge in [0.1, 0.15) is 5.65 Å². The zero-order chi connectivity index (χ0) is 16.6. The highest BCUT2D eigenvalue weighted by Crippen LogP contribution is 2.30. The summed E-state index contributed by atoms with van der Waals surface area (Å²) in [6.45, 7) is 4.96. The van der Waals surface area contributed by atoms with Crippen molar-refractivity contribution >= 4 is 17.5 Å². The minimum atomic E-state index is -0.490. The molecule has 2 amide bonds. The number of rotatable bonds is 3. The van der Waals surface area contributed by atoms with Crippen molar-refractivity contribution in [1.29, 1.82) is 0 Å². The highest BCUT2D eigenvalue weighted by atomic mass is 16.2. The summed E-state index contributed by atoms with van der Waals surface area (Å²) >= 11 is 0. The van der Waals surface area contributed by atoms with Crippen LogP contribution in [0.5, 0.6) is 0 Å². The third-order valence-corrected chi connectivity index (χ3v) is 4.96. The van der Waals surface area contributed by atoms with Crippen molar-refractivity contribution in [2.75, 3.05) is 13.1 Å². The number of carbonyl (C=O) groups is 2. The molecule has 1 aliphatic rings. The predicted octanol–water partition coefficient (Wildman–Crippen LogP) is 1.30. The number of hydrogen-bond acceptors (Lipinski definition) is 3. The van der Waals surface area contributed by atoms with Crippen LogP contribution in [0.1, 0.15) is 31.2 Å². The third kappa shape index (κ3) is 2.81. The van der Waals surface area contributed by atoms with Crippen molar-refractivity contribution in [3.05, 3.63) is 35.8 Å². The van der Waals surface area contributed by atoms with Gasteiger partial charge in [-0.1, -0.05) is 13.0 Å². The van der Waals surface area contributed by atoms with Gasteiger partial charge in [-0.15, -0.1) is 0 Å². The van der Waals surface area contributed by atoms with E-state index in [2.05, 4.69) is 4.98 Å². The molecule has 3 heterocycles. The lowest BCUT2D eigenvalue weighted by molar-refractivity contribution is -0.137. The van der Waals surface area contributed by atoms with Crippen molar-refractivity contribution in [2.24, 2.45) is 11.1 Å². The SMILES string of the molecule is Cc1nc2ccccn2c1CC(=O)N1CCC(C)(C(N)=O)CC1. The largest absolute Gasteiger partial charge is 0.369 e. The van der Waals surface area contributed by atoms with E-state index < -0.39 is 5.41 Å². The van der Waals surface area contributed by atoms with E-state index in [0.29, 0.717) is 32.4 Å². The lowest BCUT2D eigenvalue weighted by Gasteiger charge is -2.37. The Labute approximate surface area is 135 Å². The second-order valence-corrected chi connectivity index (χ2v) is 6.56. The van der Waals surface area contributed by atoms with Crippen LogP contribution in [-0.2, 0) is 16.0 Å². The van der Waals surface area contributed by atoms with Gasteiger partial charge in [0, 0.05) is 24.7 Å². The number of likely N-dealkylation sites (tertiary alicyclic amines) is 1. The lowest BCUT2D eigenvalue weighted by atomic mass is 9.79. The summed E-state index contributed by atoms with van der Waals surface area (Å²) in [5, 5.41) is 0. The Bertz CT molecular complexity index is 757. The standard InChI is InChI=1S/C17H22N4O2/c1-12-13(21-8-4-3-5-14(21)19-12)11-15(22)20-9-6-17(2,7-10-20)16(18)23/h3-5,8H,6-7,9-11H2,1-2H3,(H2,18,23). The van der Waals surface area contributed by atoms with Crippen LogP contribution in [0.25, 0.3) is 5.65 Å². The maximum Gasteiger partial charge on any atom is 0.228 e. The lowest BCUT2D eigenvalue weighted by Crippen LogP contribution is -2.47. The van der Waals surface area contributed by atoms with Gasteiger partial charge in [-0.2, -0.15) is 0 Å². The minimum absolute atomic E-state index is 0.0743. The van der Waals surface area contributed by atoms with Crippen molar-refractivity contribution in [3.8, 4) is 0 Å². The number of nitrogens with two attached hydrogens (primary N) is 1. The quantitative estimate of drug-likeness (QED) is 0.927. The smallest absolute Gasteiger partial charge is 0.228 e. The summed E-state index contributed by atoms with van der Waals surface area (Å²) in [6, 6.07) is 5.80. The van der Waals surface area contributed by atoms with Crippen LogP contribution >= 0.6 is 0 Å². The van der Waals surface area contributed by atoms with Crippen molar-refractivity contribution in [2.45, 2.75) is 33.1 Å². The number of hydrogen-bond donors (Lipinski definition) is 1. The van der Waals surface area contributed by atoms with Gasteiger partial charge in [0.25, 0.3) is 0 Å². The second-order valence-electron chi connectivity index (χ2n) is 6.56. The van der Waals surface area contributed by atoms with Gasteiger partial charge in [-0.05, 0) is 31.9 Å². The molecular weight excluding hydrogens is 292 g/mol. The van der Waals surface area contributed by atoms with Crippen LogP contribution in [0.2, 0.25) is 0 Å². The van der Waals surface area contributed by atoms with E-state index >= 15 is 0 Å². The maximum atomic E-state index is 12.6. The molecule has 1 aliphatic heterocycles. The molecule has 0 atom stereocenters. The molecule has 0 saturated carbocycles. The minimum Gasteiger partial charge on any atom is -0.369 e. The summed E-state index contributed by atoms with van der Waals surface area (Å²) in [4.78, 5) is 30.4. The number of nitrogens with zero attached hydrogens (tertiary/aromatic N) is 3. The summed E-state index contributed by atoms with van der Waals surface area (Å²) in [5.74, 6) is -0.201. The fourth-order valence-electron chi connectivity index (χ4n) is 3.13. The van der Waals surface area contributed by atoms with Crippen LogP contribution in [0.3, 0.4) is 0 Å². The zero-order valence-corrected chi connectivity index (χ0v) is 13.6. The fourth-order valence-corrected chi connectivity index (χ4v) is 3.13. The van der Waals surface area contributed by atoms with E-state index in [0.717, 1.165) is 17.0 Å². The van der Waals surface area contributed by atoms with Gasteiger partial charge >= 0.3 is 0 Å². The molecule has 0 bridgehead atoms. The van der Waals surface area contributed by atoms with Crippen LogP contribution in [0, 0.1) is 12.3 Å². The molecule has 1 fully saturated rings. The first kappa shape index (κ1) is 15.5. The first-order valence-corrected chi connectivity index (χ1v) is 7.91. The third-order valence-electron chi connectivity index (χ3n) is 4.96. The van der Waals surface area contributed by atoms with Crippen molar-refractivity contribution in [3.63, 3.8) is 0 Å². The van der Waals surface area contributed by atoms with E-state index in [4.69, 9.17) is 5.73 Å². The normalized spacial score (nSPS) is 17.4. The molecule has 3 rings (SSSR count). The van der Waals surface area contributed by atoms with Gasteiger partial charge in [0.15, 0.2) is 0 Å². The first-order chi connectivity index (χ1) is 10.9. The maximum absolute atomic E-state index is 12.6. The van der Waals surface area contributed by atoms with Crippen molar-refractivity contribution in [1.82, 2.24) is 14.3 Å². The Kier molecular flexibility index (Phi) is 3.83. The Balaban J connectivity index is 1.73. The number of fused-ring (bicyclic) bond motifs is 1. The van der Waals surface area contributed by atoms with Crippen LogP contribution in [0.15, 0.2) is 24.4 Å². The summed E-state index contributed by atoms with van der Waals surface area (Å²) in [5.41, 5.74) is 7.63. The van der Waals surface area contributed by atoms with Gasteiger partial charge in [-0.3, -0.25) is 9.59 Å². The van der Waals surface area contributed by atoms with Crippen molar-refractivity contribution < 1.29 is 9.59 Å². The molecule has 23 heavy (non-hydrogen) atoms. The van der Waals surface area contributed by atoms with E-state index in [-0.39, 0.29) is 11.8 Å². The molecule has 0 spiro atoms. The number of carbonyl (C=O) groups excluding carboxylic acids is 2. The molecule has 1 saturated heterocycles. The molecule has 0 radical (unpaired) electrons. The number of aryl methyl sites for hydroxylation is 1. The number of amides is 2. The van der Waals surface area contributed by atoms with Crippen LogP contribution < -0.4 is 5.73 Å². The van der Waals surface area contributed by atoms with Gasteiger partial charge in [0.2, 0.25) is 11.8 Å². The number of piperidine rings is 1. The van der Waals surface area contributed by atoms with E-state index in [9.17, 15) is 9.59 Å². The summed E-state index contributed by atoms with van der Waals surface area (Å²) in [6.07, 6.45) is 3.50. The molecule has 0 aliphatic carbocycles. The number of imidazole rings is 1. The molecule has 0 unspecified atom stereocenters. The average Bonchev–Trinajstić information content (AvgIpc) is 2.84. The molecular formula is C17H22N4O2. The van der Waals surface area contributed by atoms with Crippen LogP contribution in [-0.4, -0.2) is 39.2 Å². The van der Waals surface area contributed by atoms with E-state index in [1.165, 1.54) is 0 Å². The highest BCUT2D eigenvalue weighted by Gasteiger charge is 2.36. The van der Waals surface area contributed by atoms with E-state index in [1.807, 2.05) is 47.5 Å². The molecule has 0 aromatic carbocycles. The molecule has 122 valence electrons. The van der Waals surface area contributed by atoms with Gasteiger partial charge in [0.05, 0.1) is 17.8 Å². The Hall–Kier alpha value is -2.37. The topological polar surface area (TPSA) is 80.7 Å². The molecule has 2 aromatic rings. The fraction of sp³-hybridized carbons (Fsp3) is 0.471. The van der Waals surface area contributed by atoms with Gasteiger partial charge in [-0.25, -0.2) is 4.98 Å². The molecule has 2 aromatic heterocycles. The monoisotopic (exact) mass is 314 g/mol. The van der Waals surface area contributed by atoms with E-state index in [1.54, 1.807) is 0 Å². The zero-order valence-electron chi connectivity index (χ0n) is 13.6. The van der Waals surface area contributed by atoms with Crippen LogP contribution in [0.4, 0.5) is 0 Å². The summed E-state index contributed by atoms with van der Waals surface area (Å²) in [7, 11) is 0. The summed E-state index contributed by atoms with van der Waals surface area (Å²) < 4.78 is 1.96. The Morgan fingerprint density at radius 3 is 2.65 bits per heavy atom. The second kappa shape index (κ2) is 5.68. The number of pyridine rings is 1. The van der Waals surface area contributed by atoms with Gasteiger partial charge < -0.3 is 15.0 Å².